The lowest BCUT2D eigenvalue weighted by Crippen LogP contribution is -2.28. The zero-order valence-electron chi connectivity index (χ0n) is 14.5. The Morgan fingerprint density at radius 2 is 1.92 bits per heavy atom. The van der Waals surface area contributed by atoms with Crippen molar-refractivity contribution in [3.63, 3.8) is 0 Å². The van der Waals surface area contributed by atoms with E-state index in [1.807, 2.05) is 12.1 Å². The van der Waals surface area contributed by atoms with Crippen molar-refractivity contribution in [2.45, 2.75) is 18.8 Å². The molecule has 0 unspecified atom stereocenters. The molecule has 134 valence electrons. The number of halogens is 1. The molecule has 1 saturated heterocycles. The molecule has 0 radical (unpaired) electrons. The lowest BCUT2D eigenvalue weighted by molar-refractivity contribution is 0.386. The molecule has 1 fully saturated rings. The third-order valence-corrected chi connectivity index (χ3v) is 4.92. The average molecular weight is 353 g/mol. The fourth-order valence-electron chi connectivity index (χ4n) is 3.46. The first-order valence-electron chi connectivity index (χ1n) is 8.74. The number of aromatic nitrogens is 2. The summed E-state index contributed by atoms with van der Waals surface area (Å²) in [7, 11) is 1.43. The molecule has 1 aromatic carbocycles. The highest BCUT2D eigenvalue weighted by Gasteiger charge is 2.18. The van der Waals surface area contributed by atoms with E-state index in [2.05, 4.69) is 10.3 Å². The van der Waals surface area contributed by atoms with Crippen LogP contribution in [0, 0.1) is 5.82 Å². The molecule has 4 rings (SSSR count). The number of benzene rings is 1. The molecule has 0 spiro atoms. The Morgan fingerprint density at radius 1 is 1.15 bits per heavy atom. The largest absolute Gasteiger partial charge is 0.494 e. The van der Waals surface area contributed by atoms with E-state index in [0.29, 0.717) is 17.1 Å². The van der Waals surface area contributed by atoms with E-state index >= 15 is 0 Å². The van der Waals surface area contributed by atoms with Gasteiger partial charge in [0.1, 0.15) is 5.65 Å². The van der Waals surface area contributed by atoms with Crippen LogP contribution in [0.15, 0.2) is 47.4 Å². The minimum atomic E-state index is -0.433. The fraction of sp³-hybridized carbons (Fsp3) is 0.300. The summed E-state index contributed by atoms with van der Waals surface area (Å²) in [6, 6.07) is 10.0. The Morgan fingerprint density at radius 3 is 2.65 bits per heavy atom. The van der Waals surface area contributed by atoms with Gasteiger partial charge in [0.2, 0.25) is 0 Å². The number of pyridine rings is 1. The molecule has 0 bridgehead atoms. The number of ether oxygens (including phenoxy) is 1. The Balaban J connectivity index is 1.74. The summed E-state index contributed by atoms with van der Waals surface area (Å²) in [4.78, 5) is 17.3. The number of fused-ring (bicyclic) bond motifs is 1. The molecule has 3 aromatic rings. The average Bonchev–Trinajstić information content (AvgIpc) is 2.68. The molecule has 0 aliphatic carbocycles. The van der Waals surface area contributed by atoms with E-state index in [1.165, 1.54) is 17.6 Å². The predicted octanol–water partition coefficient (Wildman–Crippen LogP) is 2.98. The van der Waals surface area contributed by atoms with Gasteiger partial charge in [0.25, 0.3) is 5.56 Å². The summed E-state index contributed by atoms with van der Waals surface area (Å²) in [5.74, 6) is 0.0844. The lowest BCUT2D eigenvalue weighted by Gasteiger charge is -2.22. The van der Waals surface area contributed by atoms with Crippen molar-refractivity contribution in [2.24, 2.45) is 0 Å². The van der Waals surface area contributed by atoms with Crippen LogP contribution in [0.1, 0.15) is 24.5 Å². The maximum absolute atomic E-state index is 14.0. The van der Waals surface area contributed by atoms with Crippen LogP contribution >= 0.6 is 0 Å². The predicted molar refractivity (Wildman–Crippen MR) is 98.3 cm³/mol. The zero-order valence-corrected chi connectivity index (χ0v) is 14.5. The van der Waals surface area contributed by atoms with Crippen LogP contribution in [0.2, 0.25) is 0 Å². The number of hydrogen-bond donors (Lipinski definition) is 1. The second-order valence-electron chi connectivity index (χ2n) is 6.54. The fourth-order valence-corrected chi connectivity index (χ4v) is 3.46. The van der Waals surface area contributed by atoms with Crippen molar-refractivity contribution in [3.8, 4) is 16.9 Å². The summed E-state index contributed by atoms with van der Waals surface area (Å²) in [5.41, 5.74) is 2.79. The minimum absolute atomic E-state index is 0.112. The Hall–Kier alpha value is -2.73. The number of piperidine rings is 1. The van der Waals surface area contributed by atoms with E-state index in [9.17, 15) is 9.18 Å². The molecular formula is C20H20FN3O2. The summed E-state index contributed by atoms with van der Waals surface area (Å²) < 4.78 is 20.4. The van der Waals surface area contributed by atoms with Crippen molar-refractivity contribution >= 4 is 5.65 Å². The summed E-state index contributed by atoms with van der Waals surface area (Å²) in [6.07, 6.45) is 3.69. The molecule has 3 heterocycles. The summed E-state index contributed by atoms with van der Waals surface area (Å²) >= 11 is 0. The van der Waals surface area contributed by atoms with Crippen LogP contribution < -0.4 is 15.6 Å². The number of nitrogens with zero attached hydrogens (tertiary/aromatic N) is 2. The molecule has 0 saturated carbocycles. The molecule has 1 N–H and O–H groups in total. The third-order valence-electron chi connectivity index (χ3n) is 4.92. The monoisotopic (exact) mass is 353 g/mol. The first kappa shape index (κ1) is 16.7. The smallest absolute Gasteiger partial charge is 0.258 e. The number of rotatable bonds is 3. The van der Waals surface area contributed by atoms with Gasteiger partial charge >= 0.3 is 0 Å². The number of methoxy groups -OCH3 is 1. The van der Waals surface area contributed by atoms with Crippen molar-refractivity contribution in [3.05, 3.63) is 64.5 Å². The molecule has 2 aromatic heterocycles. The van der Waals surface area contributed by atoms with Gasteiger partial charge in [-0.05, 0) is 61.3 Å². The Bertz CT molecular complexity index is 1010. The normalized spacial score (nSPS) is 15.3. The maximum atomic E-state index is 14.0. The Labute approximate surface area is 150 Å². The second-order valence-corrected chi connectivity index (χ2v) is 6.54. The molecule has 0 amide bonds. The highest BCUT2D eigenvalue weighted by atomic mass is 19.1. The molecule has 1 aliphatic rings. The van der Waals surface area contributed by atoms with Gasteiger partial charge in [0.05, 0.1) is 12.8 Å². The van der Waals surface area contributed by atoms with Crippen molar-refractivity contribution in [1.82, 2.24) is 14.7 Å². The molecule has 1 aliphatic heterocycles. The summed E-state index contributed by atoms with van der Waals surface area (Å²) in [5, 5.41) is 3.32. The van der Waals surface area contributed by atoms with Gasteiger partial charge in [-0.3, -0.25) is 9.20 Å². The van der Waals surface area contributed by atoms with Crippen LogP contribution in [0.4, 0.5) is 4.39 Å². The van der Waals surface area contributed by atoms with E-state index in [-0.39, 0.29) is 11.3 Å². The van der Waals surface area contributed by atoms with Gasteiger partial charge in [-0.25, -0.2) is 9.37 Å². The molecular weight excluding hydrogens is 333 g/mol. The van der Waals surface area contributed by atoms with Crippen molar-refractivity contribution in [1.29, 1.82) is 0 Å². The third kappa shape index (κ3) is 3.08. The van der Waals surface area contributed by atoms with Crippen molar-refractivity contribution in [2.75, 3.05) is 20.2 Å². The highest BCUT2D eigenvalue weighted by molar-refractivity contribution is 5.65. The topological polar surface area (TPSA) is 55.6 Å². The lowest BCUT2D eigenvalue weighted by atomic mass is 9.94. The highest BCUT2D eigenvalue weighted by Crippen LogP contribution is 2.26. The van der Waals surface area contributed by atoms with Crippen LogP contribution in [-0.4, -0.2) is 29.6 Å². The zero-order chi connectivity index (χ0) is 18.1. The van der Waals surface area contributed by atoms with E-state index < -0.39 is 5.82 Å². The SMILES string of the molecule is COc1ccc(-c2ccc3nc(C4CCNCC4)cc(=O)n3c2)cc1F. The van der Waals surface area contributed by atoms with Crippen LogP contribution in [0.5, 0.6) is 5.75 Å². The molecule has 5 nitrogen and oxygen atoms in total. The summed E-state index contributed by atoms with van der Waals surface area (Å²) in [6.45, 7) is 1.90. The second kappa shape index (κ2) is 6.88. The van der Waals surface area contributed by atoms with Gasteiger partial charge in [0, 0.05) is 18.2 Å². The van der Waals surface area contributed by atoms with Gasteiger partial charge in [-0.15, -0.1) is 0 Å². The number of hydrogen-bond acceptors (Lipinski definition) is 4. The van der Waals surface area contributed by atoms with Crippen molar-refractivity contribution < 1.29 is 9.13 Å². The van der Waals surface area contributed by atoms with Gasteiger partial charge in [-0.2, -0.15) is 0 Å². The minimum Gasteiger partial charge on any atom is -0.494 e. The van der Waals surface area contributed by atoms with Crippen LogP contribution in [-0.2, 0) is 0 Å². The van der Waals surface area contributed by atoms with E-state index in [0.717, 1.165) is 37.2 Å². The first-order chi connectivity index (χ1) is 12.7. The van der Waals surface area contributed by atoms with E-state index in [1.54, 1.807) is 24.4 Å². The van der Waals surface area contributed by atoms with Crippen LogP contribution in [0.3, 0.4) is 0 Å². The molecule has 26 heavy (non-hydrogen) atoms. The van der Waals surface area contributed by atoms with E-state index in [4.69, 9.17) is 4.74 Å². The first-order valence-corrected chi connectivity index (χ1v) is 8.74. The van der Waals surface area contributed by atoms with Gasteiger partial charge in [-0.1, -0.05) is 6.07 Å². The maximum Gasteiger partial charge on any atom is 0.258 e. The van der Waals surface area contributed by atoms with Gasteiger partial charge in [0.15, 0.2) is 11.6 Å². The molecule has 0 atom stereocenters. The quantitative estimate of drug-likeness (QED) is 0.787. The number of nitrogens with one attached hydrogen (secondary N) is 1. The molecule has 6 heteroatoms. The standard InChI is InChI=1S/C20H20FN3O2/c1-26-18-4-2-14(10-16(18)21)15-3-5-19-23-17(11-20(25)24(19)12-15)13-6-8-22-9-7-13/h2-5,10-13,22H,6-9H2,1H3. The van der Waals surface area contributed by atoms with Crippen LogP contribution in [0.25, 0.3) is 16.8 Å². The Kier molecular flexibility index (Phi) is 4.42. The van der Waals surface area contributed by atoms with Gasteiger partial charge < -0.3 is 10.1 Å².